The Morgan fingerprint density at radius 1 is 1.46 bits per heavy atom. The topological polar surface area (TPSA) is 0 Å². The second-order valence-corrected chi connectivity index (χ2v) is 3.43. The summed E-state index contributed by atoms with van der Waals surface area (Å²) in [6.45, 7) is 2.17. The van der Waals surface area contributed by atoms with Crippen LogP contribution in [-0.4, -0.2) is 0 Å². The lowest BCUT2D eigenvalue weighted by Crippen LogP contribution is -1.90. The largest absolute Gasteiger partial charge is 0.115 e. The number of hydrogen-bond donors (Lipinski definition) is 0. The molecular formula is C12H13Cl. The molecule has 1 rings (SSSR count). The van der Waals surface area contributed by atoms with Gasteiger partial charge in [-0.1, -0.05) is 43.0 Å². The molecular weight excluding hydrogens is 180 g/mol. The minimum Gasteiger partial charge on any atom is -0.115 e. The van der Waals surface area contributed by atoms with Gasteiger partial charge in [-0.05, 0) is 24.5 Å². The first kappa shape index (κ1) is 10.2. The van der Waals surface area contributed by atoms with Crippen molar-refractivity contribution in [3.8, 4) is 12.3 Å². The summed E-state index contributed by atoms with van der Waals surface area (Å²) in [5.74, 6) is 2.64. The van der Waals surface area contributed by atoms with Crippen molar-refractivity contribution >= 4 is 11.6 Å². The lowest BCUT2D eigenvalue weighted by Gasteiger charge is -2.04. The Labute approximate surface area is 84.9 Å². The van der Waals surface area contributed by atoms with E-state index >= 15 is 0 Å². The Kier molecular flexibility index (Phi) is 3.86. The number of halogens is 1. The third kappa shape index (κ3) is 2.50. The van der Waals surface area contributed by atoms with Gasteiger partial charge >= 0.3 is 0 Å². The molecule has 0 radical (unpaired) electrons. The molecule has 0 nitrogen and oxygen atoms in total. The van der Waals surface area contributed by atoms with Crippen LogP contribution in [0.3, 0.4) is 0 Å². The Morgan fingerprint density at radius 2 is 2.23 bits per heavy atom. The molecule has 1 aromatic carbocycles. The van der Waals surface area contributed by atoms with Crippen LogP contribution in [0.5, 0.6) is 0 Å². The highest BCUT2D eigenvalue weighted by molar-refractivity contribution is 6.31. The molecule has 0 N–H and O–H groups in total. The highest BCUT2D eigenvalue weighted by atomic mass is 35.5. The number of benzene rings is 1. The van der Waals surface area contributed by atoms with E-state index in [1.807, 2.05) is 12.1 Å². The first-order chi connectivity index (χ1) is 6.29. The maximum Gasteiger partial charge on any atom is 0.0565 e. The molecule has 0 heterocycles. The standard InChI is InChI=1S/C12H13Cl/c1-3-5-7-10-8-6-9-12(13)11(10)4-2/h2,6,8-9H,3,5,7H2,1H3. The Morgan fingerprint density at radius 3 is 2.85 bits per heavy atom. The second kappa shape index (κ2) is 4.94. The molecule has 0 saturated heterocycles. The molecule has 0 bridgehead atoms. The molecule has 0 unspecified atom stereocenters. The molecule has 0 saturated carbocycles. The first-order valence-electron chi connectivity index (χ1n) is 4.53. The molecule has 1 aromatic rings. The monoisotopic (exact) mass is 192 g/mol. The fourth-order valence-corrected chi connectivity index (χ4v) is 1.55. The van der Waals surface area contributed by atoms with Gasteiger partial charge in [-0.15, -0.1) is 6.42 Å². The molecule has 1 heteroatoms. The van der Waals surface area contributed by atoms with Gasteiger partial charge in [0.1, 0.15) is 0 Å². The average molecular weight is 193 g/mol. The van der Waals surface area contributed by atoms with Crippen LogP contribution in [0.2, 0.25) is 5.02 Å². The van der Waals surface area contributed by atoms with Crippen molar-refractivity contribution in [2.24, 2.45) is 0 Å². The van der Waals surface area contributed by atoms with Crippen molar-refractivity contribution in [1.82, 2.24) is 0 Å². The third-order valence-corrected chi connectivity index (χ3v) is 2.36. The van der Waals surface area contributed by atoms with Gasteiger partial charge in [-0.2, -0.15) is 0 Å². The highest BCUT2D eigenvalue weighted by Gasteiger charge is 2.02. The summed E-state index contributed by atoms with van der Waals surface area (Å²) in [5, 5.41) is 0.691. The van der Waals surface area contributed by atoms with E-state index in [2.05, 4.69) is 18.9 Å². The lowest BCUT2D eigenvalue weighted by atomic mass is 10.0. The van der Waals surface area contributed by atoms with Crippen molar-refractivity contribution in [3.63, 3.8) is 0 Å². The van der Waals surface area contributed by atoms with Crippen molar-refractivity contribution in [1.29, 1.82) is 0 Å². The van der Waals surface area contributed by atoms with Gasteiger partial charge in [0, 0.05) is 5.56 Å². The number of rotatable bonds is 3. The summed E-state index contributed by atoms with van der Waals surface area (Å²) in [6.07, 6.45) is 8.75. The van der Waals surface area contributed by atoms with Crippen LogP contribution in [0.15, 0.2) is 18.2 Å². The van der Waals surface area contributed by atoms with E-state index in [4.69, 9.17) is 18.0 Å². The minimum atomic E-state index is 0.691. The van der Waals surface area contributed by atoms with E-state index in [1.54, 1.807) is 0 Å². The molecule has 13 heavy (non-hydrogen) atoms. The van der Waals surface area contributed by atoms with Crippen LogP contribution in [0.4, 0.5) is 0 Å². The summed E-state index contributed by atoms with van der Waals surface area (Å²) >= 11 is 5.97. The van der Waals surface area contributed by atoms with Crippen molar-refractivity contribution < 1.29 is 0 Å². The average Bonchev–Trinajstić information content (AvgIpc) is 2.15. The van der Waals surface area contributed by atoms with E-state index in [0.29, 0.717) is 5.02 Å². The van der Waals surface area contributed by atoms with Gasteiger partial charge in [0.25, 0.3) is 0 Å². The fourth-order valence-electron chi connectivity index (χ4n) is 1.31. The number of unbranched alkanes of at least 4 members (excludes halogenated alkanes) is 1. The smallest absolute Gasteiger partial charge is 0.0565 e. The van der Waals surface area contributed by atoms with Crippen LogP contribution in [-0.2, 0) is 6.42 Å². The van der Waals surface area contributed by atoms with Crippen molar-refractivity contribution in [2.75, 3.05) is 0 Å². The van der Waals surface area contributed by atoms with E-state index < -0.39 is 0 Å². The van der Waals surface area contributed by atoms with Crippen LogP contribution in [0, 0.1) is 12.3 Å². The summed E-state index contributed by atoms with van der Waals surface area (Å²) in [7, 11) is 0. The molecule has 0 spiro atoms. The van der Waals surface area contributed by atoms with Crippen LogP contribution < -0.4 is 0 Å². The Hall–Kier alpha value is -0.930. The zero-order valence-corrected chi connectivity index (χ0v) is 8.56. The number of hydrogen-bond acceptors (Lipinski definition) is 0. The van der Waals surface area contributed by atoms with Crippen LogP contribution in [0.25, 0.3) is 0 Å². The van der Waals surface area contributed by atoms with Gasteiger partial charge in [-0.25, -0.2) is 0 Å². The number of aryl methyl sites for hydroxylation is 1. The molecule has 0 aliphatic carbocycles. The van der Waals surface area contributed by atoms with Crippen LogP contribution >= 0.6 is 11.6 Å². The summed E-state index contributed by atoms with van der Waals surface area (Å²) < 4.78 is 0. The van der Waals surface area contributed by atoms with Crippen molar-refractivity contribution in [3.05, 3.63) is 34.3 Å². The minimum absolute atomic E-state index is 0.691. The third-order valence-electron chi connectivity index (χ3n) is 2.04. The van der Waals surface area contributed by atoms with Gasteiger partial charge in [-0.3, -0.25) is 0 Å². The molecule has 0 atom stereocenters. The summed E-state index contributed by atoms with van der Waals surface area (Å²) in [4.78, 5) is 0. The molecule has 0 aliphatic heterocycles. The van der Waals surface area contributed by atoms with E-state index in [0.717, 1.165) is 18.4 Å². The van der Waals surface area contributed by atoms with Gasteiger partial charge in [0.15, 0.2) is 0 Å². The predicted octanol–water partition coefficient (Wildman–Crippen LogP) is 3.66. The summed E-state index contributed by atoms with van der Waals surface area (Å²) in [5.41, 5.74) is 2.05. The SMILES string of the molecule is C#Cc1c(Cl)cccc1CCCC. The number of terminal acetylenes is 1. The Balaban J connectivity index is 2.93. The first-order valence-corrected chi connectivity index (χ1v) is 4.91. The zero-order valence-electron chi connectivity index (χ0n) is 7.81. The normalized spacial score (nSPS) is 9.62. The molecule has 0 aromatic heterocycles. The lowest BCUT2D eigenvalue weighted by molar-refractivity contribution is 0.794. The molecule has 0 fully saturated rings. The van der Waals surface area contributed by atoms with E-state index in [9.17, 15) is 0 Å². The van der Waals surface area contributed by atoms with Gasteiger partial charge in [0.05, 0.1) is 5.02 Å². The van der Waals surface area contributed by atoms with E-state index in [-0.39, 0.29) is 0 Å². The maximum absolute atomic E-state index is 5.97. The Bertz CT molecular complexity index is 320. The second-order valence-electron chi connectivity index (χ2n) is 3.02. The highest BCUT2D eigenvalue weighted by Crippen LogP contribution is 2.20. The quantitative estimate of drug-likeness (QED) is 0.642. The fraction of sp³-hybridized carbons (Fsp3) is 0.333. The summed E-state index contributed by atoms with van der Waals surface area (Å²) in [6, 6.07) is 5.84. The van der Waals surface area contributed by atoms with Gasteiger partial charge < -0.3 is 0 Å². The molecule has 0 amide bonds. The van der Waals surface area contributed by atoms with Crippen molar-refractivity contribution in [2.45, 2.75) is 26.2 Å². The van der Waals surface area contributed by atoms with E-state index in [1.165, 1.54) is 12.0 Å². The van der Waals surface area contributed by atoms with Crippen LogP contribution in [0.1, 0.15) is 30.9 Å². The predicted molar refractivity (Wildman–Crippen MR) is 58.0 cm³/mol. The molecule has 0 aliphatic rings. The van der Waals surface area contributed by atoms with Gasteiger partial charge in [0.2, 0.25) is 0 Å². The maximum atomic E-state index is 5.97. The molecule has 68 valence electrons. The zero-order chi connectivity index (χ0) is 9.68.